The molecule has 1 aliphatic heterocycles. The van der Waals surface area contributed by atoms with Gasteiger partial charge in [0.2, 0.25) is 10.0 Å². The lowest BCUT2D eigenvalue weighted by atomic mass is 10.1. The fourth-order valence-corrected chi connectivity index (χ4v) is 3.76. The molecular formula is C14H19NO5S. The van der Waals surface area contributed by atoms with E-state index >= 15 is 0 Å². The molecule has 21 heavy (non-hydrogen) atoms. The molecule has 2 rings (SSSR count). The van der Waals surface area contributed by atoms with Crippen molar-refractivity contribution in [1.82, 2.24) is 4.72 Å². The lowest BCUT2D eigenvalue weighted by molar-refractivity contribution is -0.139. The van der Waals surface area contributed by atoms with Crippen molar-refractivity contribution >= 4 is 16.0 Å². The average Bonchev–Trinajstić information content (AvgIpc) is 2.46. The van der Waals surface area contributed by atoms with Crippen molar-refractivity contribution in [2.75, 3.05) is 12.4 Å². The Morgan fingerprint density at radius 2 is 2.05 bits per heavy atom. The molecule has 7 heteroatoms. The molecule has 1 unspecified atom stereocenters. The first-order chi connectivity index (χ1) is 9.98. The second-order valence-corrected chi connectivity index (χ2v) is 6.87. The fourth-order valence-electron chi connectivity index (χ4n) is 2.32. The molecular weight excluding hydrogens is 294 g/mol. The van der Waals surface area contributed by atoms with Gasteiger partial charge in [-0.3, -0.25) is 4.79 Å². The van der Waals surface area contributed by atoms with Gasteiger partial charge >= 0.3 is 5.97 Å². The SMILES string of the molecule is O=C(O)[C@@H](NS(=O)(=O)CC1CCCCO1)c1ccccc1. The summed E-state index contributed by atoms with van der Waals surface area (Å²) in [6.07, 6.45) is 2.19. The topological polar surface area (TPSA) is 92.7 Å². The number of nitrogens with one attached hydrogen (secondary N) is 1. The summed E-state index contributed by atoms with van der Waals surface area (Å²) in [5, 5.41) is 9.24. The Kier molecular flexibility index (Phi) is 5.33. The standard InChI is InChI=1S/C14H19NO5S/c16-14(17)13(11-6-2-1-3-7-11)15-21(18,19)10-12-8-4-5-9-20-12/h1-3,6-7,12-13,15H,4-5,8-10H2,(H,16,17)/t12?,13-/m0/s1. The molecule has 1 heterocycles. The van der Waals surface area contributed by atoms with Gasteiger partial charge in [0.15, 0.2) is 0 Å². The number of rotatable bonds is 6. The van der Waals surface area contributed by atoms with Crippen LogP contribution in [0, 0.1) is 0 Å². The van der Waals surface area contributed by atoms with Crippen molar-refractivity contribution in [2.24, 2.45) is 0 Å². The maximum atomic E-state index is 12.1. The Labute approximate surface area is 124 Å². The second-order valence-electron chi connectivity index (χ2n) is 5.07. The van der Waals surface area contributed by atoms with E-state index in [-0.39, 0.29) is 11.9 Å². The van der Waals surface area contributed by atoms with E-state index in [1.165, 1.54) is 0 Å². The zero-order chi connectivity index (χ0) is 15.3. The van der Waals surface area contributed by atoms with Gasteiger partial charge in [0.1, 0.15) is 6.04 Å². The van der Waals surface area contributed by atoms with Gasteiger partial charge in [-0.05, 0) is 24.8 Å². The molecule has 1 fully saturated rings. The summed E-state index contributed by atoms with van der Waals surface area (Å²) in [5.74, 6) is -1.43. The lowest BCUT2D eigenvalue weighted by Crippen LogP contribution is -2.39. The second kappa shape index (κ2) is 7.02. The molecule has 1 aromatic carbocycles. The highest BCUT2D eigenvalue weighted by Crippen LogP contribution is 2.17. The molecule has 1 saturated heterocycles. The van der Waals surface area contributed by atoms with E-state index in [9.17, 15) is 18.3 Å². The van der Waals surface area contributed by atoms with Crippen LogP contribution >= 0.6 is 0 Å². The van der Waals surface area contributed by atoms with Crippen molar-refractivity contribution in [1.29, 1.82) is 0 Å². The summed E-state index contributed by atoms with van der Waals surface area (Å²) in [6, 6.07) is 6.97. The van der Waals surface area contributed by atoms with E-state index in [1.807, 2.05) is 0 Å². The van der Waals surface area contributed by atoms with Crippen molar-refractivity contribution in [2.45, 2.75) is 31.4 Å². The van der Waals surface area contributed by atoms with Crippen LogP contribution in [0.15, 0.2) is 30.3 Å². The Morgan fingerprint density at radius 1 is 1.33 bits per heavy atom. The van der Waals surface area contributed by atoms with E-state index < -0.39 is 22.0 Å². The van der Waals surface area contributed by atoms with Crippen LogP contribution in [0.3, 0.4) is 0 Å². The molecule has 1 aliphatic rings. The first kappa shape index (κ1) is 15.9. The first-order valence-electron chi connectivity index (χ1n) is 6.87. The van der Waals surface area contributed by atoms with E-state index in [4.69, 9.17) is 4.74 Å². The highest BCUT2D eigenvalue weighted by molar-refractivity contribution is 7.89. The van der Waals surface area contributed by atoms with Crippen LogP contribution in [0.4, 0.5) is 0 Å². The van der Waals surface area contributed by atoms with Crippen LogP contribution in [0.1, 0.15) is 30.9 Å². The average molecular weight is 313 g/mol. The van der Waals surface area contributed by atoms with Crippen molar-refractivity contribution in [3.63, 3.8) is 0 Å². The van der Waals surface area contributed by atoms with Gasteiger partial charge in [0.05, 0.1) is 11.9 Å². The Hall–Kier alpha value is -1.44. The number of carbonyl (C=O) groups is 1. The van der Waals surface area contributed by atoms with E-state index in [0.29, 0.717) is 18.6 Å². The molecule has 0 amide bonds. The van der Waals surface area contributed by atoms with Crippen molar-refractivity contribution in [3.05, 3.63) is 35.9 Å². The summed E-state index contributed by atoms with van der Waals surface area (Å²) >= 11 is 0. The minimum absolute atomic E-state index is 0.205. The number of hydrogen-bond donors (Lipinski definition) is 2. The molecule has 116 valence electrons. The predicted molar refractivity (Wildman–Crippen MR) is 77.3 cm³/mol. The smallest absolute Gasteiger partial charge is 0.326 e. The number of aliphatic carboxylic acids is 1. The number of carboxylic acids is 1. The molecule has 0 radical (unpaired) electrons. The summed E-state index contributed by atoms with van der Waals surface area (Å²) < 4.78 is 31.9. The maximum Gasteiger partial charge on any atom is 0.326 e. The molecule has 0 saturated carbocycles. The number of ether oxygens (including phenoxy) is 1. The quantitative estimate of drug-likeness (QED) is 0.826. The van der Waals surface area contributed by atoms with Crippen molar-refractivity contribution in [3.8, 4) is 0 Å². The molecule has 1 aromatic rings. The largest absolute Gasteiger partial charge is 0.480 e. The number of hydrogen-bond acceptors (Lipinski definition) is 4. The molecule has 0 bridgehead atoms. The van der Waals surface area contributed by atoms with Gasteiger partial charge in [-0.15, -0.1) is 0 Å². The highest BCUT2D eigenvalue weighted by Gasteiger charge is 2.28. The highest BCUT2D eigenvalue weighted by atomic mass is 32.2. The van der Waals surface area contributed by atoms with Crippen LogP contribution in [0.5, 0.6) is 0 Å². The maximum absolute atomic E-state index is 12.1. The van der Waals surface area contributed by atoms with Crippen molar-refractivity contribution < 1.29 is 23.1 Å². The predicted octanol–water partition coefficient (Wildman–Crippen LogP) is 1.30. The summed E-state index contributed by atoms with van der Waals surface area (Å²) in [7, 11) is -3.73. The molecule has 0 aliphatic carbocycles. The Balaban J connectivity index is 2.07. The normalized spacial score (nSPS) is 20.9. The van der Waals surface area contributed by atoms with E-state index in [1.54, 1.807) is 30.3 Å². The molecule has 6 nitrogen and oxygen atoms in total. The molecule has 0 spiro atoms. The summed E-state index contributed by atoms with van der Waals surface area (Å²) in [5.41, 5.74) is 0.401. The lowest BCUT2D eigenvalue weighted by Gasteiger charge is -2.23. The minimum atomic E-state index is -3.73. The van der Waals surface area contributed by atoms with Crippen LogP contribution < -0.4 is 4.72 Å². The Bertz CT molecular complexity index is 566. The molecule has 0 aromatic heterocycles. The summed E-state index contributed by atoms with van der Waals surface area (Å²) in [4.78, 5) is 11.3. The fraction of sp³-hybridized carbons (Fsp3) is 0.500. The Morgan fingerprint density at radius 3 is 2.62 bits per heavy atom. The van der Waals surface area contributed by atoms with Crippen LogP contribution in [0.2, 0.25) is 0 Å². The first-order valence-corrected chi connectivity index (χ1v) is 8.52. The van der Waals surface area contributed by atoms with Gasteiger partial charge in [0, 0.05) is 6.61 Å². The molecule has 2 atom stereocenters. The third-order valence-corrected chi connectivity index (χ3v) is 4.76. The molecule has 2 N–H and O–H groups in total. The van der Waals surface area contributed by atoms with Crippen LogP contribution in [-0.4, -0.2) is 38.0 Å². The van der Waals surface area contributed by atoms with Gasteiger partial charge in [-0.1, -0.05) is 30.3 Å². The van der Waals surface area contributed by atoms with Gasteiger partial charge in [0.25, 0.3) is 0 Å². The van der Waals surface area contributed by atoms with Crippen LogP contribution in [0.25, 0.3) is 0 Å². The van der Waals surface area contributed by atoms with Crippen LogP contribution in [-0.2, 0) is 19.6 Å². The zero-order valence-corrected chi connectivity index (χ0v) is 12.4. The van der Waals surface area contributed by atoms with E-state index in [2.05, 4.69) is 4.72 Å². The van der Waals surface area contributed by atoms with Gasteiger partial charge < -0.3 is 9.84 Å². The van der Waals surface area contributed by atoms with E-state index in [0.717, 1.165) is 12.8 Å². The third-order valence-electron chi connectivity index (χ3n) is 3.36. The van der Waals surface area contributed by atoms with Gasteiger partial charge in [-0.25, -0.2) is 8.42 Å². The number of benzene rings is 1. The minimum Gasteiger partial charge on any atom is -0.480 e. The zero-order valence-electron chi connectivity index (χ0n) is 11.6. The monoisotopic (exact) mass is 313 g/mol. The summed E-state index contributed by atoms with van der Waals surface area (Å²) in [6.45, 7) is 0.557. The number of sulfonamides is 1. The third kappa shape index (κ3) is 4.80. The van der Waals surface area contributed by atoms with Gasteiger partial charge in [-0.2, -0.15) is 4.72 Å². The number of carboxylic acid groups (broad SMARTS) is 1.